The van der Waals surface area contributed by atoms with Crippen molar-refractivity contribution in [1.82, 2.24) is 20.0 Å². The second-order valence-corrected chi connectivity index (χ2v) is 6.99. The van der Waals surface area contributed by atoms with Crippen LogP contribution in [0.5, 0.6) is 0 Å². The smallest absolute Gasteiger partial charge is 0.225 e. The molecule has 2 N–H and O–H groups in total. The molecular formula is C16H27N5O. The molecule has 2 fully saturated rings. The van der Waals surface area contributed by atoms with Crippen molar-refractivity contribution >= 4 is 11.7 Å². The fraction of sp³-hybridized carbons (Fsp3) is 0.750. The third-order valence-corrected chi connectivity index (χ3v) is 4.73. The predicted molar refractivity (Wildman–Crippen MR) is 86.7 cm³/mol. The molecule has 0 aliphatic carbocycles. The second-order valence-electron chi connectivity index (χ2n) is 6.99. The Morgan fingerprint density at radius 3 is 2.82 bits per heavy atom. The van der Waals surface area contributed by atoms with Crippen molar-refractivity contribution in [2.24, 2.45) is 5.92 Å². The number of amides is 1. The summed E-state index contributed by atoms with van der Waals surface area (Å²) < 4.78 is 1.88. The molecule has 1 aromatic rings. The number of hydrogen-bond donors (Lipinski definition) is 2. The number of aromatic nitrogens is 2. The first-order valence-electron chi connectivity index (χ1n) is 8.32. The summed E-state index contributed by atoms with van der Waals surface area (Å²) >= 11 is 0. The minimum absolute atomic E-state index is 0.101. The quantitative estimate of drug-likeness (QED) is 0.832. The maximum Gasteiger partial charge on any atom is 0.225 e. The fourth-order valence-electron chi connectivity index (χ4n) is 3.65. The van der Waals surface area contributed by atoms with Gasteiger partial charge in [0.2, 0.25) is 5.91 Å². The van der Waals surface area contributed by atoms with Gasteiger partial charge in [0.25, 0.3) is 0 Å². The standard InChI is InChI=1S/C16H27N5O/c1-20(2)7-8-21-6-5-15(19-21)18-16(22)11-12-9-13-3-4-14(10-12)17-13/h5-6,12-14,17H,3-4,7-11H2,1-2H3,(H,18,19,22). The molecule has 3 rings (SSSR count). The van der Waals surface area contributed by atoms with E-state index in [-0.39, 0.29) is 5.91 Å². The van der Waals surface area contributed by atoms with Crippen molar-refractivity contribution in [3.8, 4) is 0 Å². The molecule has 2 atom stereocenters. The average molecular weight is 305 g/mol. The third-order valence-electron chi connectivity index (χ3n) is 4.73. The van der Waals surface area contributed by atoms with Crippen LogP contribution in [-0.4, -0.2) is 53.3 Å². The molecule has 6 nitrogen and oxygen atoms in total. The molecule has 6 heteroatoms. The summed E-state index contributed by atoms with van der Waals surface area (Å²) in [5.41, 5.74) is 0. The summed E-state index contributed by atoms with van der Waals surface area (Å²) in [6, 6.07) is 3.16. The first kappa shape index (κ1) is 15.5. The normalized spacial score (nSPS) is 27.3. The number of likely N-dealkylation sites (N-methyl/N-ethyl adjacent to an activating group) is 1. The van der Waals surface area contributed by atoms with Crippen molar-refractivity contribution < 1.29 is 4.79 Å². The number of anilines is 1. The van der Waals surface area contributed by atoms with Gasteiger partial charge in [0, 0.05) is 37.3 Å². The lowest BCUT2D eigenvalue weighted by Crippen LogP contribution is -2.39. The number of nitrogens with one attached hydrogen (secondary N) is 2. The topological polar surface area (TPSA) is 62.2 Å². The number of hydrogen-bond acceptors (Lipinski definition) is 4. The van der Waals surface area contributed by atoms with Gasteiger partial charge in [-0.05, 0) is 45.7 Å². The van der Waals surface area contributed by atoms with E-state index in [9.17, 15) is 4.79 Å². The van der Waals surface area contributed by atoms with E-state index in [1.807, 2.05) is 31.0 Å². The van der Waals surface area contributed by atoms with Gasteiger partial charge in [0.15, 0.2) is 5.82 Å². The van der Waals surface area contributed by atoms with Gasteiger partial charge in [0.05, 0.1) is 6.54 Å². The van der Waals surface area contributed by atoms with Crippen molar-refractivity contribution in [2.45, 2.75) is 50.7 Å². The molecule has 2 saturated heterocycles. The van der Waals surface area contributed by atoms with Gasteiger partial charge in [-0.2, -0.15) is 5.10 Å². The summed E-state index contributed by atoms with van der Waals surface area (Å²) in [7, 11) is 4.08. The van der Waals surface area contributed by atoms with Crippen LogP contribution in [-0.2, 0) is 11.3 Å². The third kappa shape index (κ3) is 4.08. The van der Waals surface area contributed by atoms with Gasteiger partial charge < -0.3 is 15.5 Å². The van der Waals surface area contributed by atoms with Gasteiger partial charge in [-0.3, -0.25) is 9.48 Å². The minimum atomic E-state index is 0.101. The molecule has 3 heterocycles. The van der Waals surface area contributed by atoms with E-state index in [0.717, 1.165) is 25.9 Å². The number of nitrogens with zero attached hydrogens (tertiary/aromatic N) is 3. The molecule has 0 spiro atoms. The fourth-order valence-corrected chi connectivity index (χ4v) is 3.65. The molecule has 2 bridgehead atoms. The highest BCUT2D eigenvalue weighted by atomic mass is 16.1. The molecule has 0 radical (unpaired) electrons. The Hall–Kier alpha value is -1.40. The highest BCUT2D eigenvalue weighted by Gasteiger charge is 2.34. The lowest BCUT2D eigenvalue weighted by molar-refractivity contribution is -0.117. The Kier molecular flexibility index (Phi) is 4.78. The summed E-state index contributed by atoms with van der Waals surface area (Å²) in [6.45, 7) is 1.77. The lowest BCUT2D eigenvalue weighted by Gasteiger charge is -2.28. The van der Waals surface area contributed by atoms with E-state index >= 15 is 0 Å². The van der Waals surface area contributed by atoms with Crippen molar-refractivity contribution in [3.05, 3.63) is 12.3 Å². The molecule has 2 unspecified atom stereocenters. The second kappa shape index (κ2) is 6.79. The number of carbonyl (C=O) groups excluding carboxylic acids is 1. The Morgan fingerprint density at radius 1 is 1.41 bits per heavy atom. The number of rotatable bonds is 6. The number of fused-ring (bicyclic) bond motifs is 2. The summed E-state index contributed by atoms with van der Waals surface area (Å²) in [4.78, 5) is 14.3. The van der Waals surface area contributed by atoms with Crippen LogP contribution in [0.15, 0.2) is 12.3 Å². The van der Waals surface area contributed by atoms with E-state index in [4.69, 9.17) is 0 Å². The molecule has 22 heavy (non-hydrogen) atoms. The van der Waals surface area contributed by atoms with Gasteiger partial charge in [0.1, 0.15) is 0 Å². The maximum atomic E-state index is 12.2. The molecule has 0 saturated carbocycles. The maximum absolute atomic E-state index is 12.2. The van der Waals surface area contributed by atoms with Crippen LogP contribution in [0.25, 0.3) is 0 Å². The van der Waals surface area contributed by atoms with E-state index in [1.54, 1.807) is 0 Å². The molecule has 2 aliphatic rings. The van der Waals surface area contributed by atoms with Crippen LogP contribution < -0.4 is 10.6 Å². The van der Waals surface area contributed by atoms with Crippen molar-refractivity contribution in [1.29, 1.82) is 0 Å². The summed E-state index contributed by atoms with van der Waals surface area (Å²) in [5.74, 6) is 1.29. The zero-order chi connectivity index (χ0) is 15.5. The van der Waals surface area contributed by atoms with E-state index in [0.29, 0.717) is 30.2 Å². The van der Waals surface area contributed by atoms with Gasteiger partial charge in [-0.25, -0.2) is 0 Å². The largest absolute Gasteiger partial charge is 0.311 e. The zero-order valence-electron chi connectivity index (χ0n) is 13.6. The van der Waals surface area contributed by atoms with Crippen LogP contribution in [0.2, 0.25) is 0 Å². The molecule has 2 aliphatic heterocycles. The van der Waals surface area contributed by atoms with Crippen LogP contribution in [0.3, 0.4) is 0 Å². The van der Waals surface area contributed by atoms with Crippen molar-refractivity contribution in [3.63, 3.8) is 0 Å². The predicted octanol–water partition coefficient (Wildman–Crippen LogP) is 1.30. The van der Waals surface area contributed by atoms with Crippen LogP contribution in [0.1, 0.15) is 32.1 Å². The SMILES string of the molecule is CN(C)CCn1ccc(NC(=O)CC2CC3CCC(C2)N3)n1. The van der Waals surface area contributed by atoms with E-state index < -0.39 is 0 Å². The molecule has 1 aromatic heterocycles. The molecule has 122 valence electrons. The van der Waals surface area contributed by atoms with E-state index in [1.165, 1.54) is 12.8 Å². The Morgan fingerprint density at radius 2 is 2.14 bits per heavy atom. The van der Waals surface area contributed by atoms with E-state index in [2.05, 4.69) is 20.6 Å². The van der Waals surface area contributed by atoms with Crippen LogP contribution in [0, 0.1) is 5.92 Å². The van der Waals surface area contributed by atoms with Crippen molar-refractivity contribution in [2.75, 3.05) is 26.0 Å². The Bertz CT molecular complexity index is 500. The Labute approximate surface area is 132 Å². The van der Waals surface area contributed by atoms with Crippen LogP contribution >= 0.6 is 0 Å². The molecule has 0 aromatic carbocycles. The molecular weight excluding hydrogens is 278 g/mol. The first-order chi connectivity index (χ1) is 10.6. The van der Waals surface area contributed by atoms with Gasteiger partial charge >= 0.3 is 0 Å². The number of carbonyl (C=O) groups is 1. The minimum Gasteiger partial charge on any atom is -0.311 e. The monoisotopic (exact) mass is 305 g/mol. The summed E-state index contributed by atoms with van der Waals surface area (Å²) in [5, 5.41) is 11.0. The summed E-state index contributed by atoms with van der Waals surface area (Å²) in [6.07, 6.45) is 7.38. The highest BCUT2D eigenvalue weighted by molar-refractivity contribution is 5.89. The first-order valence-corrected chi connectivity index (χ1v) is 8.32. The lowest BCUT2D eigenvalue weighted by atomic mass is 9.89. The van der Waals surface area contributed by atoms with Crippen LogP contribution in [0.4, 0.5) is 5.82 Å². The zero-order valence-corrected chi connectivity index (χ0v) is 13.6. The van der Waals surface area contributed by atoms with Gasteiger partial charge in [-0.1, -0.05) is 0 Å². The number of piperidine rings is 1. The van der Waals surface area contributed by atoms with Gasteiger partial charge in [-0.15, -0.1) is 0 Å². The highest BCUT2D eigenvalue weighted by Crippen LogP contribution is 2.32. The Balaban J connectivity index is 1.45. The average Bonchev–Trinajstić information content (AvgIpc) is 3.03. The molecule has 1 amide bonds.